The van der Waals surface area contributed by atoms with Crippen molar-refractivity contribution in [3.05, 3.63) is 0 Å². The lowest BCUT2D eigenvalue weighted by Gasteiger charge is -2.29. The van der Waals surface area contributed by atoms with Crippen LogP contribution in [0, 0.1) is 23.7 Å². The van der Waals surface area contributed by atoms with Gasteiger partial charge in [-0.15, -0.1) is 0 Å². The SMILES string of the molecule is COC[C@@H]1[C@@H]2CC[C@@H](C2)[C@@H]1COC(C)=O. The minimum atomic E-state index is -0.158. The predicted octanol–water partition coefficient (Wildman–Crippen LogP) is 1.86. The second-order valence-electron chi connectivity index (χ2n) is 4.92. The maximum absolute atomic E-state index is 10.8. The zero-order valence-corrected chi connectivity index (χ0v) is 9.57. The summed E-state index contributed by atoms with van der Waals surface area (Å²) in [5.74, 6) is 2.60. The summed E-state index contributed by atoms with van der Waals surface area (Å²) in [7, 11) is 1.76. The van der Waals surface area contributed by atoms with Crippen LogP contribution >= 0.6 is 0 Å². The van der Waals surface area contributed by atoms with Crippen molar-refractivity contribution in [1.82, 2.24) is 0 Å². The zero-order valence-electron chi connectivity index (χ0n) is 9.57. The van der Waals surface area contributed by atoms with E-state index in [2.05, 4.69) is 0 Å². The van der Waals surface area contributed by atoms with Crippen LogP contribution in [0.25, 0.3) is 0 Å². The van der Waals surface area contributed by atoms with Crippen molar-refractivity contribution in [2.75, 3.05) is 20.3 Å². The number of carbonyl (C=O) groups is 1. The van der Waals surface area contributed by atoms with Crippen molar-refractivity contribution >= 4 is 5.97 Å². The number of methoxy groups -OCH3 is 1. The van der Waals surface area contributed by atoms with Crippen LogP contribution in [-0.2, 0) is 14.3 Å². The Labute approximate surface area is 91.1 Å². The van der Waals surface area contributed by atoms with Gasteiger partial charge in [-0.25, -0.2) is 0 Å². The second-order valence-corrected chi connectivity index (χ2v) is 4.92. The molecule has 3 nitrogen and oxygen atoms in total. The lowest BCUT2D eigenvalue weighted by atomic mass is 9.80. The summed E-state index contributed by atoms with van der Waals surface area (Å²) in [6, 6.07) is 0. The van der Waals surface area contributed by atoms with Crippen molar-refractivity contribution in [3.63, 3.8) is 0 Å². The summed E-state index contributed by atoms with van der Waals surface area (Å²) >= 11 is 0. The van der Waals surface area contributed by atoms with Crippen LogP contribution in [0.3, 0.4) is 0 Å². The molecule has 0 N–H and O–H groups in total. The molecule has 2 aliphatic carbocycles. The van der Waals surface area contributed by atoms with Crippen LogP contribution in [0.2, 0.25) is 0 Å². The highest BCUT2D eigenvalue weighted by Crippen LogP contribution is 2.52. The van der Waals surface area contributed by atoms with Gasteiger partial charge >= 0.3 is 5.97 Å². The van der Waals surface area contributed by atoms with Gasteiger partial charge in [0, 0.05) is 26.6 Å². The number of rotatable bonds is 4. The predicted molar refractivity (Wildman–Crippen MR) is 56.3 cm³/mol. The highest BCUT2D eigenvalue weighted by molar-refractivity contribution is 5.65. The van der Waals surface area contributed by atoms with Crippen molar-refractivity contribution in [3.8, 4) is 0 Å². The van der Waals surface area contributed by atoms with Crippen molar-refractivity contribution < 1.29 is 14.3 Å². The fourth-order valence-corrected chi connectivity index (χ4v) is 3.46. The molecule has 0 aromatic rings. The van der Waals surface area contributed by atoms with E-state index in [1.165, 1.54) is 26.2 Å². The first-order chi connectivity index (χ1) is 7.22. The van der Waals surface area contributed by atoms with Crippen LogP contribution in [0.5, 0.6) is 0 Å². The molecule has 2 aliphatic rings. The fourth-order valence-electron chi connectivity index (χ4n) is 3.46. The molecule has 3 heteroatoms. The summed E-state index contributed by atoms with van der Waals surface area (Å²) in [6.07, 6.45) is 3.98. The number of hydrogen-bond acceptors (Lipinski definition) is 3. The van der Waals surface area contributed by atoms with E-state index in [4.69, 9.17) is 9.47 Å². The Morgan fingerprint density at radius 1 is 1.20 bits per heavy atom. The van der Waals surface area contributed by atoms with E-state index in [1.54, 1.807) is 7.11 Å². The molecule has 0 radical (unpaired) electrons. The summed E-state index contributed by atoms with van der Waals surface area (Å²) in [6.45, 7) is 2.91. The Bertz CT molecular complexity index is 239. The molecule has 4 atom stereocenters. The Balaban J connectivity index is 1.92. The highest BCUT2D eigenvalue weighted by Gasteiger charge is 2.47. The van der Waals surface area contributed by atoms with E-state index in [-0.39, 0.29) is 5.97 Å². The molecule has 0 heterocycles. The van der Waals surface area contributed by atoms with Gasteiger partial charge in [0.05, 0.1) is 6.61 Å². The zero-order chi connectivity index (χ0) is 10.8. The first-order valence-electron chi connectivity index (χ1n) is 5.84. The molecule has 15 heavy (non-hydrogen) atoms. The van der Waals surface area contributed by atoms with Crippen LogP contribution in [0.15, 0.2) is 0 Å². The van der Waals surface area contributed by atoms with Crippen LogP contribution < -0.4 is 0 Å². The number of fused-ring (bicyclic) bond motifs is 2. The van der Waals surface area contributed by atoms with Gasteiger partial charge in [-0.05, 0) is 37.0 Å². The number of ether oxygens (including phenoxy) is 2. The molecule has 2 fully saturated rings. The smallest absolute Gasteiger partial charge is 0.302 e. The third kappa shape index (κ3) is 2.17. The van der Waals surface area contributed by atoms with E-state index >= 15 is 0 Å². The third-order valence-electron chi connectivity index (χ3n) is 4.11. The number of esters is 1. The molecule has 0 unspecified atom stereocenters. The fraction of sp³-hybridized carbons (Fsp3) is 0.917. The van der Waals surface area contributed by atoms with Gasteiger partial charge < -0.3 is 9.47 Å². The molecule has 0 aromatic carbocycles. The molecule has 0 aromatic heterocycles. The van der Waals surface area contributed by atoms with Gasteiger partial charge in [0.15, 0.2) is 0 Å². The van der Waals surface area contributed by atoms with Crippen molar-refractivity contribution in [1.29, 1.82) is 0 Å². The Morgan fingerprint density at radius 2 is 1.80 bits per heavy atom. The molecule has 2 saturated carbocycles. The average Bonchev–Trinajstić information content (AvgIpc) is 2.76. The first kappa shape index (κ1) is 10.9. The van der Waals surface area contributed by atoms with Crippen molar-refractivity contribution in [2.45, 2.75) is 26.2 Å². The quantitative estimate of drug-likeness (QED) is 0.667. The van der Waals surface area contributed by atoms with Crippen LogP contribution in [-0.4, -0.2) is 26.3 Å². The molecule has 0 saturated heterocycles. The minimum Gasteiger partial charge on any atom is -0.466 e. The van der Waals surface area contributed by atoms with E-state index in [9.17, 15) is 4.79 Å². The Hall–Kier alpha value is -0.570. The summed E-state index contributed by atoms with van der Waals surface area (Å²) in [5.41, 5.74) is 0. The van der Waals surface area contributed by atoms with Gasteiger partial charge in [-0.1, -0.05) is 0 Å². The Kier molecular flexibility index (Phi) is 3.29. The summed E-state index contributed by atoms with van der Waals surface area (Å²) < 4.78 is 10.4. The molecule has 0 spiro atoms. The molecule has 2 rings (SSSR count). The maximum atomic E-state index is 10.8. The lowest BCUT2D eigenvalue weighted by Crippen LogP contribution is -2.30. The van der Waals surface area contributed by atoms with E-state index in [0.29, 0.717) is 18.4 Å². The van der Waals surface area contributed by atoms with E-state index < -0.39 is 0 Å². The monoisotopic (exact) mass is 212 g/mol. The van der Waals surface area contributed by atoms with Gasteiger partial charge in [-0.3, -0.25) is 4.79 Å². The highest BCUT2D eigenvalue weighted by atomic mass is 16.5. The van der Waals surface area contributed by atoms with E-state index in [0.717, 1.165) is 18.4 Å². The summed E-state index contributed by atoms with van der Waals surface area (Å²) in [4.78, 5) is 10.8. The molecule has 0 aliphatic heterocycles. The van der Waals surface area contributed by atoms with Gasteiger partial charge in [0.2, 0.25) is 0 Å². The minimum absolute atomic E-state index is 0.158. The molecule has 0 amide bonds. The standard InChI is InChI=1S/C12H20O3/c1-8(13)15-7-12-10-4-3-9(5-10)11(12)6-14-2/h9-12H,3-7H2,1-2H3/t9-,10+,11-,12+/m1/s1. The third-order valence-corrected chi connectivity index (χ3v) is 4.11. The first-order valence-corrected chi connectivity index (χ1v) is 5.84. The van der Waals surface area contributed by atoms with Gasteiger partial charge in [0.1, 0.15) is 0 Å². The topological polar surface area (TPSA) is 35.5 Å². The molecule has 2 bridgehead atoms. The largest absolute Gasteiger partial charge is 0.466 e. The van der Waals surface area contributed by atoms with Gasteiger partial charge in [-0.2, -0.15) is 0 Å². The van der Waals surface area contributed by atoms with Crippen LogP contribution in [0.4, 0.5) is 0 Å². The Morgan fingerprint density at radius 3 is 2.33 bits per heavy atom. The van der Waals surface area contributed by atoms with Crippen molar-refractivity contribution in [2.24, 2.45) is 23.7 Å². The van der Waals surface area contributed by atoms with Gasteiger partial charge in [0.25, 0.3) is 0 Å². The van der Waals surface area contributed by atoms with E-state index in [1.807, 2.05) is 0 Å². The molecular weight excluding hydrogens is 192 g/mol. The molecular formula is C12H20O3. The second kappa shape index (κ2) is 4.52. The number of carbonyl (C=O) groups excluding carboxylic acids is 1. The summed E-state index contributed by atoms with van der Waals surface area (Å²) in [5, 5.41) is 0. The lowest BCUT2D eigenvalue weighted by molar-refractivity contribution is -0.143. The normalized spacial score (nSPS) is 38.3. The molecule has 86 valence electrons. The average molecular weight is 212 g/mol. The number of hydrogen-bond donors (Lipinski definition) is 0. The maximum Gasteiger partial charge on any atom is 0.302 e. The van der Waals surface area contributed by atoms with Crippen LogP contribution in [0.1, 0.15) is 26.2 Å².